The first-order valence-corrected chi connectivity index (χ1v) is 7.42. The Morgan fingerprint density at radius 2 is 1.77 bits per heavy atom. The molecule has 0 spiro atoms. The summed E-state index contributed by atoms with van der Waals surface area (Å²) >= 11 is 0. The minimum atomic E-state index is -1.40. The van der Waals surface area contributed by atoms with E-state index in [1.54, 1.807) is 24.3 Å². The summed E-state index contributed by atoms with van der Waals surface area (Å²) in [6.45, 7) is 7.09. The van der Waals surface area contributed by atoms with E-state index in [9.17, 15) is 14.7 Å². The van der Waals surface area contributed by atoms with Crippen molar-refractivity contribution in [3.8, 4) is 5.75 Å². The van der Waals surface area contributed by atoms with Crippen LogP contribution in [0.25, 0.3) is 0 Å². The van der Waals surface area contributed by atoms with E-state index in [1.165, 1.54) is 13.8 Å². The first kappa shape index (κ1) is 18.2. The average molecular weight is 308 g/mol. The minimum Gasteiger partial charge on any atom is -0.490 e. The lowest BCUT2D eigenvalue weighted by molar-refractivity contribution is -0.148. The van der Waals surface area contributed by atoms with Gasteiger partial charge in [-0.3, -0.25) is 9.59 Å². The van der Waals surface area contributed by atoms with Crippen LogP contribution >= 0.6 is 0 Å². The monoisotopic (exact) mass is 308 g/mol. The van der Waals surface area contributed by atoms with Crippen LogP contribution < -0.4 is 4.74 Å². The predicted molar refractivity (Wildman–Crippen MR) is 83.0 cm³/mol. The average Bonchev–Trinajstić information content (AvgIpc) is 2.49. The van der Waals surface area contributed by atoms with E-state index >= 15 is 0 Å². The molecule has 5 heteroatoms. The molecule has 1 atom stereocenters. The molecule has 22 heavy (non-hydrogen) atoms. The quantitative estimate of drug-likeness (QED) is 0.454. The minimum absolute atomic E-state index is 0.105. The van der Waals surface area contributed by atoms with Gasteiger partial charge >= 0.3 is 5.97 Å². The summed E-state index contributed by atoms with van der Waals surface area (Å²) in [6.07, 6.45) is 0.746. The Morgan fingerprint density at radius 3 is 2.27 bits per heavy atom. The van der Waals surface area contributed by atoms with Gasteiger partial charge in [0.1, 0.15) is 24.6 Å². The third-order valence-corrected chi connectivity index (χ3v) is 3.28. The van der Waals surface area contributed by atoms with Gasteiger partial charge in [-0.2, -0.15) is 0 Å². The molecular weight excluding hydrogens is 284 g/mol. The van der Waals surface area contributed by atoms with Gasteiger partial charge in [-0.1, -0.05) is 13.8 Å². The molecule has 5 nitrogen and oxygen atoms in total. The van der Waals surface area contributed by atoms with E-state index in [2.05, 4.69) is 0 Å². The Morgan fingerprint density at radius 1 is 1.18 bits per heavy atom. The maximum atomic E-state index is 11.9. The van der Waals surface area contributed by atoms with E-state index in [-0.39, 0.29) is 30.9 Å². The molecular formula is C17H24O5. The summed E-state index contributed by atoms with van der Waals surface area (Å²) in [5.74, 6) is -0.0993. The Balaban J connectivity index is 2.43. The highest BCUT2D eigenvalue weighted by molar-refractivity contribution is 6.01. The number of hydrogen-bond donors (Lipinski definition) is 1. The van der Waals surface area contributed by atoms with Crippen molar-refractivity contribution >= 4 is 11.8 Å². The van der Waals surface area contributed by atoms with Gasteiger partial charge in [0.25, 0.3) is 0 Å². The summed E-state index contributed by atoms with van der Waals surface area (Å²) in [7, 11) is 0. The fourth-order valence-electron chi connectivity index (χ4n) is 1.67. The Labute approximate surface area is 131 Å². The molecule has 1 N–H and O–H groups in total. The molecule has 0 saturated carbocycles. The van der Waals surface area contributed by atoms with Gasteiger partial charge in [0.05, 0.1) is 5.92 Å². The molecule has 0 aromatic heterocycles. The smallest absolute Gasteiger partial charge is 0.308 e. The van der Waals surface area contributed by atoms with Crippen molar-refractivity contribution in [2.45, 2.75) is 39.7 Å². The maximum Gasteiger partial charge on any atom is 0.308 e. The number of esters is 1. The molecule has 0 amide bonds. The summed E-state index contributed by atoms with van der Waals surface area (Å²) in [6, 6.07) is 6.49. The largest absolute Gasteiger partial charge is 0.490 e. The van der Waals surface area contributed by atoms with Gasteiger partial charge in [-0.05, 0) is 44.5 Å². The molecule has 0 bridgehead atoms. The van der Waals surface area contributed by atoms with E-state index < -0.39 is 5.60 Å². The molecule has 1 rings (SSSR count). The number of ether oxygens (including phenoxy) is 2. The van der Waals surface area contributed by atoms with E-state index in [0.29, 0.717) is 11.3 Å². The van der Waals surface area contributed by atoms with Crippen LogP contribution in [-0.4, -0.2) is 35.7 Å². The Kier molecular flexibility index (Phi) is 6.56. The first-order chi connectivity index (χ1) is 10.3. The number of aliphatic hydroxyl groups is 1. The van der Waals surface area contributed by atoms with E-state index in [4.69, 9.17) is 9.47 Å². The van der Waals surface area contributed by atoms with Crippen molar-refractivity contribution in [2.24, 2.45) is 5.92 Å². The molecule has 1 unspecified atom stereocenters. The number of ketones is 1. The van der Waals surface area contributed by atoms with Gasteiger partial charge in [-0.15, -0.1) is 0 Å². The third-order valence-electron chi connectivity index (χ3n) is 3.28. The molecule has 122 valence electrons. The molecule has 1 aromatic rings. The molecule has 0 radical (unpaired) electrons. The Hall–Kier alpha value is -1.88. The van der Waals surface area contributed by atoms with Crippen LogP contribution in [0.2, 0.25) is 0 Å². The molecule has 1 aromatic carbocycles. The maximum absolute atomic E-state index is 11.9. The van der Waals surface area contributed by atoms with Crippen molar-refractivity contribution in [1.29, 1.82) is 0 Å². The van der Waals surface area contributed by atoms with Gasteiger partial charge in [0.2, 0.25) is 0 Å². The fraction of sp³-hybridized carbons (Fsp3) is 0.529. The predicted octanol–water partition coefficient (Wildman–Crippen LogP) is 2.61. The fourth-order valence-corrected chi connectivity index (χ4v) is 1.67. The van der Waals surface area contributed by atoms with Crippen LogP contribution in [0.4, 0.5) is 0 Å². The first-order valence-electron chi connectivity index (χ1n) is 7.42. The molecule has 0 aliphatic carbocycles. The van der Waals surface area contributed by atoms with Crippen LogP contribution in [-0.2, 0) is 9.53 Å². The summed E-state index contributed by atoms with van der Waals surface area (Å²) < 4.78 is 10.5. The normalized spacial score (nSPS) is 12.6. The van der Waals surface area contributed by atoms with Crippen LogP contribution in [0, 0.1) is 5.92 Å². The number of rotatable bonds is 8. The Bertz CT molecular complexity index is 499. The van der Waals surface area contributed by atoms with E-state index in [1.807, 2.05) is 13.8 Å². The van der Waals surface area contributed by atoms with Crippen LogP contribution in [0.5, 0.6) is 5.75 Å². The van der Waals surface area contributed by atoms with Crippen LogP contribution in [0.15, 0.2) is 24.3 Å². The standard InChI is InChI=1S/C17H24O5/c1-5-12(2)16(19)22-11-10-21-14-8-6-13(7-9-14)15(18)17(3,4)20/h6-9,12,20H,5,10-11H2,1-4H3. The van der Waals surface area contributed by atoms with Crippen molar-refractivity contribution in [3.63, 3.8) is 0 Å². The van der Waals surface area contributed by atoms with Crippen molar-refractivity contribution in [3.05, 3.63) is 29.8 Å². The van der Waals surface area contributed by atoms with Gasteiger partial charge < -0.3 is 14.6 Å². The number of hydrogen-bond acceptors (Lipinski definition) is 5. The van der Waals surface area contributed by atoms with Crippen LogP contribution in [0.3, 0.4) is 0 Å². The molecule has 0 saturated heterocycles. The van der Waals surface area contributed by atoms with Crippen molar-refractivity contribution < 1.29 is 24.2 Å². The van der Waals surface area contributed by atoms with Crippen molar-refractivity contribution in [2.75, 3.05) is 13.2 Å². The summed E-state index contributed by atoms with van der Waals surface area (Å²) in [5.41, 5.74) is -0.977. The van der Waals surface area contributed by atoms with Gasteiger partial charge in [0, 0.05) is 5.56 Å². The molecule has 0 aliphatic rings. The zero-order valence-corrected chi connectivity index (χ0v) is 13.6. The summed E-state index contributed by atoms with van der Waals surface area (Å²) in [5, 5.41) is 9.67. The highest BCUT2D eigenvalue weighted by Gasteiger charge is 2.24. The van der Waals surface area contributed by atoms with E-state index in [0.717, 1.165) is 6.42 Å². The number of carbonyl (C=O) groups is 2. The SMILES string of the molecule is CCC(C)C(=O)OCCOc1ccc(C(=O)C(C)(C)O)cc1. The zero-order chi connectivity index (χ0) is 16.8. The lowest BCUT2D eigenvalue weighted by Gasteiger charge is -2.15. The highest BCUT2D eigenvalue weighted by atomic mass is 16.6. The molecule has 0 aliphatic heterocycles. The zero-order valence-electron chi connectivity index (χ0n) is 13.6. The molecule has 0 heterocycles. The third kappa shape index (κ3) is 5.48. The number of carbonyl (C=O) groups excluding carboxylic acids is 2. The highest BCUT2D eigenvalue weighted by Crippen LogP contribution is 2.17. The second kappa shape index (κ2) is 7.94. The van der Waals surface area contributed by atoms with Gasteiger partial charge in [0.15, 0.2) is 5.78 Å². The second-order valence-corrected chi connectivity index (χ2v) is 5.74. The number of Topliss-reactive ketones (excluding diaryl/α,β-unsaturated/α-hetero) is 1. The van der Waals surface area contributed by atoms with Crippen LogP contribution in [0.1, 0.15) is 44.5 Å². The lowest BCUT2D eigenvalue weighted by Crippen LogP contribution is -2.30. The van der Waals surface area contributed by atoms with Crippen molar-refractivity contribution in [1.82, 2.24) is 0 Å². The van der Waals surface area contributed by atoms with Gasteiger partial charge in [-0.25, -0.2) is 0 Å². The molecule has 0 fully saturated rings. The lowest BCUT2D eigenvalue weighted by atomic mass is 9.97. The topological polar surface area (TPSA) is 72.8 Å². The second-order valence-electron chi connectivity index (χ2n) is 5.74. The number of benzene rings is 1. The summed E-state index contributed by atoms with van der Waals surface area (Å²) in [4.78, 5) is 23.3.